The van der Waals surface area contributed by atoms with Crippen molar-refractivity contribution in [3.8, 4) is 0 Å². The van der Waals surface area contributed by atoms with Crippen LogP contribution in [0.3, 0.4) is 0 Å². The number of hydrogen-bond donors (Lipinski definition) is 1. The van der Waals surface area contributed by atoms with Crippen molar-refractivity contribution in [2.45, 2.75) is 39.8 Å². The largest absolute Gasteiger partial charge is 0.349 e. The van der Waals surface area contributed by atoms with E-state index < -0.39 is 10.0 Å². The number of carbonyl (C=O) groups excluding carboxylic acids is 1. The fourth-order valence-electron chi connectivity index (χ4n) is 2.95. The number of rotatable bonds is 7. The molecule has 0 aliphatic carbocycles. The number of sulfonamides is 1. The lowest BCUT2D eigenvalue weighted by Gasteiger charge is -2.22. The molecule has 0 bridgehead atoms. The van der Waals surface area contributed by atoms with Crippen LogP contribution in [-0.2, 0) is 16.6 Å². The van der Waals surface area contributed by atoms with Crippen LogP contribution in [0, 0.1) is 6.92 Å². The fraction of sp³-hybridized carbons (Fsp3) is 0.318. The number of carbonyl (C=O) groups is 1. The van der Waals surface area contributed by atoms with E-state index in [0.717, 1.165) is 27.6 Å². The van der Waals surface area contributed by atoms with Gasteiger partial charge in [0.25, 0.3) is 5.91 Å². The Labute approximate surface area is 176 Å². The van der Waals surface area contributed by atoms with Crippen LogP contribution in [-0.4, -0.2) is 26.6 Å². The van der Waals surface area contributed by atoms with Gasteiger partial charge in [0.05, 0.1) is 23.4 Å². The molecule has 29 heavy (non-hydrogen) atoms. The Balaban J connectivity index is 1.93. The van der Waals surface area contributed by atoms with Crippen molar-refractivity contribution in [1.29, 1.82) is 0 Å². The highest BCUT2D eigenvalue weighted by Crippen LogP contribution is 2.31. The second kappa shape index (κ2) is 8.55. The SMILES string of the molecule is CC[C@@H](C)NC(=O)c1cc2cc(N(Cc3ccc(C)cc3)S(C)(=O)=O)ccc2s1. The minimum Gasteiger partial charge on any atom is -0.349 e. The molecule has 0 aliphatic rings. The summed E-state index contributed by atoms with van der Waals surface area (Å²) >= 11 is 1.41. The molecule has 154 valence electrons. The maximum atomic E-state index is 12.5. The van der Waals surface area contributed by atoms with Crippen molar-refractivity contribution in [1.82, 2.24) is 5.32 Å². The van der Waals surface area contributed by atoms with Gasteiger partial charge in [0.2, 0.25) is 10.0 Å². The van der Waals surface area contributed by atoms with Gasteiger partial charge in [-0.25, -0.2) is 8.42 Å². The van der Waals surface area contributed by atoms with Crippen molar-refractivity contribution in [2.75, 3.05) is 10.6 Å². The van der Waals surface area contributed by atoms with E-state index in [1.165, 1.54) is 21.9 Å². The third kappa shape index (κ3) is 5.16. The van der Waals surface area contributed by atoms with Gasteiger partial charge in [-0.3, -0.25) is 9.10 Å². The standard InChI is InChI=1S/C22H26N2O3S2/c1-5-16(3)23-22(25)21-13-18-12-19(10-11-20(18)28-21)24(29(4,26)27)14-17-8-6-15(2)7-9-17/h6-13,16H,5,14H2,1-4H3,(H,23,25)/t16-/m1/s1. The van der Waals surface area contributed by atoms with Crippen molar-refractivity contribution < 1.29 is 13.2 Å². The molecule has 1 aromatic heterocycles. The molecule has 0 saturated carbocycles. The van der Waals surface area contributed by atoms with Crippen molar-refractivity contribution >= 4 is 43.0 Å². The van der Waals surface area contributed by atoms with Gasteiger partial charge in [-0.05, 0) is 55.5 Å². The van der Waals surface area contributed by atoms with Crippen molar-refractivity contribution in [3.05, 3.63) is 64.5 Å². The third-order valence-corrected chi connectivity index (χ3v) is 7.10. The maximum Gasteiger partial charge on any atom is 0.261 e. The predicted molar refractivity (Wildman–Crippen MR) is 121 cm³/mol. The molecule has 5 nitrogen and oxygen atoms in total. The minimum atomic E-state index is -3.47. The summed E-state index contributed by atoms with van der Waals surface area (Å²) in [6, 6.07) is 15.3. The lowest BCUT2D eigenvalue weighted by molar-refractivity contribution is 0.0943. The Morgan fingerprint density at radius 3 is 2.45 bits per heavy atom. The lowest BCUT2D eigenvalue weighted by atomic mass is 10.1. The van der Waals surface area contributed by atoms with Crippen LogP contribution in [0.2, 0.25) is 0 Å². The molecule has 3 rings (SSSR count). The summed E-state index contributed by atoms with van der Waals surface area (Å²) in [7, 11) is -3.47. The van der Waals surface area contributed by atoms with Crippen LogP contribution in [0.15, 0.2) is 48.5 Å². The molecular weight excluding hydrogens is 404 g/mol. The number of thiophene rings is 1. The molecular formula is C22H26N2O3S2. The van der Waals surface area contributed by atoms with Crippen LogP contribution < -0.4 is 9.62 Å². The summed E-state index contributed by atoms with van der Waals surface area (Å²) in [6.07, 6.45) is 2.08. The normalized spacial score (nSPS) is 12.7. The Bertz CT molecular complexity index is 1120. The van der Waals surface area contributed by atoms with E-state index in [2.05, 4.69) is 5.32 Å². The first-order chi connectivity index (χ1) is 13.7. The first kappa shape index (κ1) is 21.3. The van der Waals surface area contributed by atoms with Gasteiger partial charge in [0.1, 0.15) is 0 Å². The molecule has 7 heteroatoms. The first-order valence-electron chi connectivity index (χ1n) is 9.55. The second-order valence-electron chi connectivity index (χ2n) is 7.37. The van der Waals surface area contributed by atoms with E-state index >= 15 is 0 Å². The zero-order chi connectivity index (χ0) is 21.2. The first-order valence-corrected chi connectivity index (χ1v) is 12.2. The lowest BCUT2D eigenvalue weighted by Crippen LogP contribution is -2.31. The zero-order valence-corrected chi connectivity index (χ0v) is 18.7. The van der Waals surface area contributed by atoms with Crippen LogP contribution in [0.5, 0.6) is 0 Å². The summed E-state index contributed by atoms with van der Waals surface area (Å²) in [5.41, 5.74) is 2.63. The highest BCUT2D eigenvalue weighted by molar-refractivity contribution is 7.92. The van der Waals surface area contributed by atoms with Gasteiger partial charge in [-0.2, -0.15) is 0 Å². The molecule has 0 fully saturated rings. The molecule has 1 N–H and O–H groups in total. The molecule has 2 aromatic carbocycles. The van der Waals surface area contributed by atoms with E-state index in [4.69, 9.17) is 0 Å². The number of fused-ring (bicyclic) bond motifs is 1. The second-order valence-corrected chi connectivity index (χ2v) is 10.4. The average molecular weight is 431 g/mol. The Hall–Kier alpha value is -2.38. The van der Waals surface area contributed by atoms with E-state index in [0.29, 0.717) is 10.6 Å². The van der Waals surface area contributed by atoms with Gasteiger partial charge in [-0.1, -0.05) is 36.8 Å². The summed E-state index contributed by atoms with van der Waals surface area (Å²) < 4.78 is 27.3. The van der Waals surface area contributed by atoms with Crippen molar-refractivity contribution in [2.24, 2.45) is 0 Å². The number of benzene rings is 2. The molecule has 0 radical (unpaired) electrons. The molecule has 1 atom stereocenters. The molecule has 1 amide bonds. The maximum absolute atomic E-state index is 12.5. The molecule has 0 spiro atoms. The number of nitrogens with one attached hydrogen (secondary N) is 1. The van der Waals surface area contributed by atoms with Crippen LogP contribution >= 0.6 is 11.3 Å². The monoisotopic (exact) mass is 430 g/mol. The molecule has 0 unspecified atom stereocenters. The number of anilines is 1. The Kier molecular flexibility index (Phi) is 6.29. The van der Waals surface area contributed by atoms with Gasteiger partial charge in [0, 0.05) is 10.7 Å². The predicted octanol–water partition coefficient (Wildman–Crippen LogP) is 4.70. The summed E-state index contributed by atoms with van der Waals surface area (Å²) in [5, 5.41) is 3.83. The number of amides is 1. The van der Waals surface area contributed by atoms with E-state index in [9.17, 15) is 13.2 Å². The van der Waals surface area contributed by atoms with E-state index in [1.54, 1.807) is 6.07 Å². The molecule has 3 aromatic rings. The van der Waals surface area contributed by atoms with E-state index in [1.807, 2.05) is 63.2 Å². The average Bonchev–Trinajstić information content (AvgIpc) is 3.10. The quantitative estimate of drug-likeness (QED) is 0.591. The number of hydrogen-bond acceptors (Lipinski definition) is 4. The summed E-state index contributed by atoms with van der Waals surface area (Å²) in [4.78, 5) is 13.1. The zero-order valence-electron chi connectivity index (χ0n) is 17.1. The van der Waals surface area contributed by atoms with Gasteiger partial charge < -0.3 is 5.32 Å². The summed E-state index contributed by atoms with van der Waals surface area (Å²) in [5.74, 6) is -0.0956. The highest BCUT2D eigenvalue weighted by Gasteiger charge is 2.19. The Morgan fingerprint density at radius 1 is 1.14 bits per heavy atom. The number of nitrogens with zero attached hydrogens (tertiary/aromatic N) is 1. The van der Waals surface area contributed by atoms with Gasteiger partial charge in [0.15, 0.2) is 0 Å². The molecule has 0 saturated heterocycles. The smallest absolute Gasteiger partial charge is 0.261 e. The van der Waals surface area contributed by atoms with Crippen LogP contribution in [0.4, 0.5) is 5.69 Å². The van der Waals surface area contributed by atoms with Crippen LogP contribution in [0.1, 0.15) is 41.1 Å². The molecule has 1 heterocycles. The van der Waals surface area contributed by atoms with Gasteiger partial charge in [-0.15, -0.1) is 11.3 Å². The fourth-order valence-corrected chi connectivity index (χ4v) is 4.78. The minimum absolute atomic E-state index is 0.0956. The third-order valence-electron chi connectivity index (χ3n) is 4.85. The van der Waals surface area contributed by atoms with Crippen LogP contribution in [0.25, 0.3) is 10.1 Å². The topological polar surface area (TPSA) is 66.5 Å². The van der Waals surface area contributed by atoms with E-state index in [-0.39, 0.29) is 18.5 Å². The summed E-state index contributed by atoms with van der Waals surface area (Å²) in [6.45, 7) is 6.25. The van der Waals surface area contributed by atoms with Gasteiger partial charge >= 0.3 is 0 Å². The number of aryl methyl sites for hydroxylation is 1. The van der Waals surface area contributed by atoms with Crippen molar-refractivity contribution in [3.63, 3.8) is 0 Å². The Morgan fingerprint density at radius 2 is 1.83 bits per heavy atom. The highest BCUT2D eigenvalue weighted by atomic mass is 32.2. The molecule has 0 aliphatic heterocycles.